The Kier molecular flexibility index (Phi) is 14.6. The highest BCUT2D eigenvalue weighted by Gasteiger charge is 2.27. The fourth-order valence-electron chi connectivity index (χ4n) is 5.79. The highest BCUT2D eigenvalue weighted by atomic mass is 35.5. The van der Waals surface area contributed by atoms with Gasteiger partial charge in [-0.1, -0.05) is 94.9 Å². The van der Waals surface area contributed by atoms with Crippen LogP contribution in [-0.2, 0) is 31.9 Å². The van der Waals surface area contributed by atoms with Gasteiger partial charge in [0.15, 0.2) is 0 Å². The van der Waals surface area contributed by atoms with Crippen molar-refractivity contribution in [3.63, 3.8) is 0 Å². The van der Waals surface area contributed by atoms with E-state index >= 15 is 0 Å². The number of ether oxygens (including phenoxy) is 4. The van der Waals surface area contributed by atoms with Crippen LogP contribution in [0.4, 0.5) is 0 Å². The van der Waals surface area contributed by atoms with Gasteiger partial charge in [-0.2, -0.15) is 0 Å². The highest BCUT2D eigenvalue weighted by Crippen LogP contribution is 2.33. The first-order valence-corrected chi connectivity index (χ1v) is 19.3. The van der Waals surface area contributed by atoms with Crippen LogP contribution in [0.1, 0.15) is 24.0 Å². The summed E-state index contributed by atoms with van der Waals surface area (Å²) in [5.41, 5.74) is 5.29. The van der Waals surface area contributed by atoms with Crippen molar-refractivity contribution in [2.45, 2.75) is 37.9 Å². The monoisotopic (exact) mass is 828 g/mol. The summed E-state index contributed by atoms with van der Waals surface area (Å²) in [4.78, 5) is 34.9. The van der Waals surface area contributed by atoms with Crippen LogP contribution in [0.3, 0.4) is 0 Å². The molecule has 0 radical (unpaired) electrons. The molecule has 2 unspecified atom stereocenters. The SMILES string of the molecule is O=C(OC(CCc1cccnc1)COc1ccc(-c2ccc(Cl)cc2Cl)cc1)C(=O)OC(CCc1cccnc1)COc1ccc(-c2ccc(Cl)cc2Cl)cc1. The van der Waals surface area contributed by atoms with Crippen LogP contribution in [0.5, 0.6) is 11.5 Å². The number of rotatable bonds is 16. The molecule has 0 aliphatic rings. The van der Waals surface area contributed by atoms with Crippen molar-refractivity contribution in [2.75, 3.05) is 13.2 Å². The van der Waals surface area contributed by atoms with Gasteiger partial charge in [-0.05, 0) is 109 Å². The molecule has 0 saturated heterocycles. The van der Waals surface area contributed by atoms with E-state index in [-0.39, 0.29) is 13.2 Å². The number of hydrogen-bond acceptors (Lipinski definition) is 8. The van der Waals surface area contributed by atoms with E-state index in [2.05, 4.69) is 9.97 Å². The zero-order chi connectivity index (χ0) is 39.3. The average molecular weight is 831 g/mol. The molecule has 8 nitrogen and oxygen atoms in total. The lowest BCUT2D eigenvalue weighted by Crippen LogP contribution is -2.34. The number of nitrogens with zero attached hydrogens (tertiary/aromatic N) is 2. The zero-order valence-electron chi connectivity index (χ0n) is 30.0. The molecule has 2 atom stereocenters. The molecule has 0 amide bonds. The molecule has 2 heterocycles. The number of aromatic nitrogens is 2. The number of aryl methyl sites for hydroxylation is 2. The predicted octanol–water partition coefficient (Wildman–Crippen LogP) is 11.0. The van der Waals surface area contributed by atoms with E-state index in [1.165, 1.54) is 0 Å². The maximum absolute atomic E-state index is 13.3. The first kappa shape index (κ1) is 40.5. The van der Waals surface area contributed by atoms with Crippen molar-refractivity contribution in [1.82, 2.24) is 9.97 Å². The van der Waals surface area contributed by atoms with E-state index in [1.807, 2.05) is 60.7 Å². The van der Waals surface area contributed by atoms with Gasteiger partial charge in [-0.15, -0.1) is 0 Å². The Labute approximate surface area is 345 Å². The van der Waals surface area contributed by atoms with Crippen molar-refractivity contribution >= 4 is 58.3 Å². The van der Waals surface area contributed by atoms with E-state index < -0.39 is 24.1 Å². The molecule has 56 heavy (non-hydrogen) atoms. The largest absolute Gasteiger partial charge is 0.490 e. The molecular formula is C44H36Cl4N2O6. The second-order valence-electron chi connectivity index (χ2n) is 12.8. The Morgan fingerprint density at radius 1 is 0.536 bits per heavy atom. The number of pyridine rings is 2. The summed E-state index contributed by atoms with van der Waals surface area (Å²) in [7, 11) is 0. The second kappa shape index (κ2) is 20.2. The van der Waals surface area contributed by atoms with Crippen LogP contribution in [0.15, 0.2) is 134 Å². The first-order valence-electron chi connectivity index (χ1n) is 17.8. The number of benzene rings is 4. The van der Waals surface area contributed by atoms with E-state index in [0.717, 1.165) is 33.4 Å². The third kappa shape index (κ3) is 11.9. The molecule has 2 aromatic heterocycles. The molecule has 0 fully saturated rings. The number of esters is 2. The first-order chi connectivity index (χ1) is 27.2. The maximum Gasteiger partial charge on any atom is 0.417 e. The fourth-order valence-corrected chi connectivity index (χ4v) is 6.82. The van der Waals surface area contributed by atoms with Crippen LogP contribution in [0, 0.1) is 0 Å². The van der Waals surface area contributed by atoms with Gasteiger partial charge >= 0.3 is 11.9 Å². The van der Waals surface area contributed by atoms with E-state index in [9.17, 15) is 9.59 Å². The molecule has 12 heteroatoms. The van der Waals surface area contributed by atoms with Gasteiger partial charge in [0.1, 0.15) is 36.9 Å². The summed E-state index contributed by atoms with van der Waals surface area (Å²) >= 11 is 24.9. The van der Waals surface area contributed by atoms with Gasteiger partial charge in [0, 0.05) is 56.0 Å². The summed E-state index contributed by atoms with van der Waals surface area (Å²) < 4.78 is 23.5. The maximum atomic E-state index is 13.3. The van der Waals surface area contributed by atoms with Crippen LogP contribution >= 0.6 is 46.4 Å². The van der Waals surface area contributed by atoms with Gasteiger partial charge in [-0.3, -0.25) is 9.97 Å². The van der Waals surface area contributed by atoms with Gasteiger partial charge in [0.05, 0.1) is 0 Å². The molecule has 0 spiro atoms. The summed E-state index contributed by atoms with van der Waals surface area (Å²) in [6.45, 7) is -0.0176. The highest BCUT2D eigenvalue weighted by molar-refractivity contribution is 6.37. The van der Waals surface area contributed by atoms with Crippen molar-refractivity contribution < 1.29 is 28.5 Å². The van der Waals surface area contributed by atoms with E-state index in [0.29, 0.717) is 57.3 Å². The summed E-state index contributed by atoms with van der Waals surface area (Å²) in [5.74, 6) is -1.18. The molecular weight excluding hydrogens is 794 g/mol. The fraction of sp³-hybridized carbons (Fsp3) is 0.182. The molecule has 4 aromatic carbocycles. The zero-order valence-corrected chi connectivity index (χ0v) is 33.0. The van der Waals surface area contributed by atoms with E-state index in [4.69, 9.17) is 65.4 Å². The summed E-state index contributed by atoms with van der Waals surface area (Å²) in [5, 5.41) is 2.15. The third-order valence-corrected chi connectivity index (χ3v) is 9.83. The smallest absolute Gasteiger partial charge is 0.417 e. The van der Waals surface area contributed by atoms with Crippen molar-refractivity contribution in [1.29, 1.82) is 0 Å². The predicted molar refractivity (Wildman–Crippen MR) is 220 cm³/mol. The Balaban J connectivity index is 1.10. The average Bonchev–Trinajstić information content (AvgIpc) is 3.21. The number of halogens is 4. The van der Waals surface area contributed by atoms with Crippen molar-refractivity contribution in [3.8, 4) is 33.8 Å². The van der Waals surface area contributed by atoms with E-state index in [1.54, 1.807) is 73.3 Å². The Bertz CT molecular complexity index is 2050. The molecule has 0 N–H and O–H groups in total. The summed E-state index contributed by atoms with van der Waals surface area (Å²) in [6, 6.07) is 32.8. The number of carbonyl (C=O) groups excluding carboxylic acids is 2. The quantitative estimate of drug-likeness (QED) is 0.0703. The van der Waals surface area contributed by atoms with Crippen LogP contribution in [0.2, 0.25) is 20.1 Å². The number of hydrogen-bond donors (Lipinski definition) is 0. The third-order valence-electron chi connectivity index (χ3n) is 8.73. The lowest BCUT2D eigenvalue weighted by Gasteiger charge is -2.21. The topological polar surface area (TPSA) is 96.8 Å². The molecule has 6 aromatic rings. The van der Waals surface area contributed by atoms with Crippen LogP contribution < -0.4 is 9.47 Å². The van der Waals surface area contributed by atoms with Crippen LogP contribution in [0.25, 0.3) is 22.3 Å². The Morgan fingerprint density at radius 3 is 1.30 bits per heavy atom. The standard InChI is InChI=1S/C44H36Cl4N2O6/c45-33-11-19-39(41(47)23-33)31-7-15-35(16-8-31)53-27-37(13-5-29-3-1-21-49-25-29)55-43(51)44(52)56-38(14-6-30-4-2-22-50-26-30)28-54-36-17-9-32(10-18-36)40-20-12-34(46)24-42(40)48/h1-4,7-12,15-26,37-38H,5-6,13-14,27-28H2. The van der Waals surface area contributed by atoms with Gasteiger partial charge < -0.3 is 18.9 Å². The van der Waals surface area contributed by atoms with Crippen molar-refractivity contribution in [3.05, 3.63) is 165 Å². The summed E-state index contributed by atoms with van der Waals surface area (Å²) in [6.07, 6.45) is 7.08. The van der Waals surface area contributed by atoms with Gasteiger partial charge in [0.25, 0.3) is 0 Å². The lowest BCUT2D eigenvalue weighted by atomic mass is 10.1. The second-order valence-corrected chi connectivity index (χ2v) is 14.5. The van der Waals surface area contributed by atoms with Gasteiger partial charge in [-0.25, -0.2) is 9.59 Å². The van der Waals surface area contributed by atoms with Gasteiger partial charge in [0.2, 0.25) is 0 Å². The molecule has 0 saturated carbocycles. The molecule has 0 aliphatic carbocycles. The molecule has 0 bridgehead atoms. The minimum atomic E-state index is -1.13. The van der Waals surface area contributed by atoms with Crippen molar-refractivity contribution in [2.24, 2.45) is 0 Å². The Hall–Kier alpha value is -5.12. The van der Waals surface area contributed by atoms with Crippen LogP contribution in [-0.4, -0.2) is 47.3 Å². The number of carbonyl (C=O) groups is 2. The molecule has 286 valence electrons. The normalized spacial score (nSPS) is 12.0. The minimum Gasteiger partial charge on any atom is -0.490 e. The molecule has 0 aliphatic heterocycles. The minimum absolute atomic E-state index is 0.00882. The molecule has 6 rings (SSSR count). The Morgan fingerprint density at radius 2 is 0.946 bits per heavy atom. The lowest BCUT2D eigenvalue weighted by molar-refractivity contribution is -0.176.